The van der Waals surface area contributed by atoms with Gasteiger partial charge in [0.05, 0.1) is 6.54 Å². The number of aromatic amines is 1. The Morgan fingerprint density at radius 3 is 2.72 bits per heavy atom. The molecule has 0 saturated carbocycles. The van der Waals surface area contributed by atoms with Gasteiger partial charge in [0.1, 0.15) is 5.82 Å². The van der Waals surface area contributed by atoms with Crippen LogP contribution in [0.15, 0.2) is 35.3 Å². The van der Waals surface area contributed by atoms with Gasteiger partial charge in [0.2, 0.25) is 0 Å². The minimum Gasteiger partial charge on any atom is -0.358 e. The molecular formula is C17H24IN7. The Morgan fingerprint density at radius 1 is 1.24 bits per heavy atom. The van der Waals surface area contributed by atoms with Crippen LogP contribution in [0.5, 0.6) is 0 Å². The van der Waals surface area contributed by atoms with Crippen molar-refractivity contribution in [3.63, 3.8) is 0 Å². The molecule has 2 aromatic heterocycles. The number of aromatic nitrogens is 4. The van der Waals surface area contributed by atoms with E-state index in [2.05, 4.69) is 55.1 Å². The number of benzene rings is 1. The number of para-hydroxylation sites is 1. The third kappa shape index (κ3) is 4.71. The Labute approximate surface area is 164 Å². The van der Waals surface area contributed by atoms with Gasteiger partial charge in [-0.15, -0.1) is 34.2 Å². The molecule has 0 aliphatic rings. The first-order valence-corrected chi connectivity index (χ1v) is 8.03. The van der Waals surface area contributed by atoms with Crippen LogP contribution in [-0.2, 0) is 20.0 Å². The quantitative estimate of drug-likeness (QED) is 0.314. The second kappa shape index (κ2) is 8.84. The lowest BCUT2D eigenvalue weighted by molar-refractivity contribution is 0.715. The van der Waals surface area contributed by atoms with E-state index in [1.807, 2.05) is 24.6 Å². The van der Waals surface area contributed by atoms with Crippen molar-refractivity contribution < 1.29 is 0 Å². The molecule has 0 amide bonds. The topological polar surface area (TPSA) is 82.9 Å². The van der Waals surface area contributed by atoms with Gasteiger partial charge in [0.15, 0.2) is 11.8 Å². The van der Waals surface area contributed by atoms with Gasteiger partial charge < -0.3 is 20.2 Å². The monoisotopic (exact) mass is 453 g/mol. The molecule has 8 heteroatoms. The highest BCUT2D eigenvalue weighted by atomic mass is 127. The predicted octanol–water partition coefficient (Wildman–Crippen LogP) is 2.13. The zero-order valence-corrected chi connectivity index (χ0v) is 17.0. The van der Waals surface area contributed by atoms with Crippen LogP contribution in [0.1, 0.15) is 17.3 Å². The summed E-state index contributed by atoms with van der Waals surface area (Å²) >= 11 is 0. The highest BCUT2D eigenvalue weighted by Crippen LogP contribution is 2.14. The number of nitrogens with zero attached hydrogens (tertiary/aromatic N) is 4. The second-order valence-electron chi connectivity index (χ2n) is 5.71. The summed E-state index contributed by atoms with van der Waals surface area (Å²) in [5.41, 5.74) is 2.38. The molecule has 0 spiro atoms. The summed E-state index contributed by atoms with van der Waals surface area (Å²) in [5.74, 6) is 2.53. The van der Waals surface area contributed by atoms with Gasteiger partial charge in [0.25, 0.3) is 0 Å². The molecule has 0 aliphatic heterocycles. The molecule has 0 fully saturated rings. The molecule has 2 heterocycles. The van der Waals surface area contributed by atoms with Crippen molar-refractivity contribution in [2.75, 3.05) is 13.6 Å². The molecule has 3 rings (SSSR count). The Hall–Kier alpha value is -2.10. The summed E-state index contributed by atoms with van der Waals surface area (Å²) in [6, 6.07) is 10.5. The van der Waals surface area contributed by atoms with Crippen LogP contribution in [0.4, 0.5) is 0 Å². The number of aryl methyl sites for hydroxylation is 1. The van der Waals surface area contributed by atoms with Crippen LogP contribution in [0.3, 0.4) is 0 Å². The van der Waals surface area contributed by atoms with E-state index < -0.39 is 0 Å². The van der Waals surface area contributed by atoms with E-state index in [1.54, 1.807) is 7.05 Å². The SMILES string of the molecule is CN=C(NCCc1cc2ccccc2[nH]1)NCc1nnc(C)n1C.I. The van der Waals surface area contributed by atoms with E-state index >= 15 is 0 Å². The average molecular weight is 453 g/mol. The first kappa shape index (κ1) is 19.2. The van der Waals surface area contributed by atoms with E-state index in [0.717, 1.165) is 30.6 Å². The van der Waals surface area contributed by atoms with Gasteiger partial charge in [0, 0.05) is 38.3 Å². The van der Waals surface area contributed by atoms with Crippen molar-refractivity contribution in [3.05, 3.63) is 47.7 Å². The second-order valence-corrected chi connectivity index (χ2v) is 5.71. The summed E-state index contributed by atoms with van der Waals surface area (Å²) in [7, 11) is 3.72. The molecule has 1 aromatic carbocycles. The third-order valence-corrected chi connectivity index (χ3v) is 4.09. The van der Waals surface area contributed by atoms with Gasteiger partial charge in [-0.05, 0) is 24.4 Å². The Balaban J connectivity index is 0.00000225. The maximum atomic E-state index is 4.24. The molecule has 0 saturated heterocycles. The summed E-state index contributed by atoms with van der Waals surface area (Å²) in [6.45, 7) is 3.32. The molecule has 25 heavy (non-hydrogen) atoms. The number of guanidine groups is 1. The lowest BCUT2D eigenvalue weighted by atomic mass is 10.2. The number of hydrogen-bond acceptors (Lipinski definition) is 3. The molecule has 0 aliphatic carbocycles. The molecule has 7 nitrogen and oxygen atoms in total. The molecule has 0 atom stereocenters. The normalized spacial score (nSPS) is 11.4. The Bertz CT molecular complexity index is 817. The van der Waals surface area contributed by atoms with Gasteiger partial charge in [-0.2, -0.15) is 0 Å². The maximum absolute atomic E-state index is 4.24. The number of hydrogen-bond donors (Lipinski definition) is 3. The minimum absolute atomic E-state index is 0. The zero-order chi connectivity index (χ0) is 16.9. The molecule has 3 aromatic rings. The van der Waals surface area contributed by atoms with Crippen molar-refractivity contribution in [3.8, 4) is 0 Å². The molecule has 0 radical (unpaired) electrons. The molecule has 134 valence electrons. The van der Waals surface area contributed by atoms with Crippen LogP contribution in [0, 0.1) is 6.92 Å². The number of rotatable bonds is 5. The fourth-order valence-electron chi connectivity index (χ4n) is 2.57. The first-order chi connectivity index (χ1) is 11.7. The standard InChI is InChI=1S/C17H23N7.HI/c1-12-22-23-16(24(12)3)11-20-17(18-2)19-9-8-14-10-13-6-4-5-7-15(13)21-14;/h4-7,10,21H,8-9,11H2,1-3H3,(H2,18,19,20);1H. The van der Waals surface area contributed by atoms with E-state index in [1.165, 1.54) is 16.6 Å². The maximum Gasteiger partial charge on any atom is 0.191 e. The lowest BCUT2D eigenvalue weighted by Crippen LogP contribution is -2.38. The number of H-pyrrole nitrogens is 1. The predicted molar refractivity (Wildman–Crippen MR) is 111 cm³/mol. The summed E-state index contributed by atoms with van der Waals surface area (Å²) < 4.78 is 1.96. The number of fused-ring (bicyclic) bond motifs is 1. The minimum atomic E-state index is 0. The molecule has 3 N–H and O–H groups in total. The fourth-order valence-corrected chi connectivity index (χ4v) is 2.57. The summed E-state index contributed by atoms with van der Waals surface area (Å²) in [6.07, 6.45) is 0.901. The fraction of sp³-hybridized carbons (Fsp3) is 0.353. The van der Waals surface area contributed by atoms with Gasteiger partial charge in [-0.1, -0.05) is 18.2 Å². The molecular weight excluding hydrogens is 429 g/mol. The van der Waals surface area contributed by atoms with Crippen LogP contribution in [-0.4, -0.2) is 39.3 Å². The van der Waals surface area contributed by atoms with Crippen molar-refractivity contribution in [2.24, 2.45) is 12.0 Å². The summed E-state index contributed by atoms with van der Waals surface area (Å²) in [5, 5.41) is 16.0. The van der Waals surface area contributed by atoms with Gasteiger partial charge >= 0.3 is 0 Å². The number of aliphatic imine (C=N–C) groups is 1. The molecule has 0 bridgehead atoms. The zero-order valence-electron chi connectivity index (χ0n) is 14.7. The third-order valence-electron chi connectivity index (χ3n) is 4.09. The van der Waals surface area contributed by atoms with Crippen LogP contribution < -0.4 is 10.6 Å². The van der Waals surface area contributed by atoms with Crippen molar-refractivity contribution in [1.82, 2.24) is 30.4 Å². The van der Waals surface area contributed by atoms with E-state index in [9.17, 15) is 0 Å². The average Bonchev–Trinajstić information content (AvgIpc) is 3.15. The largest absolute Gasteiger partial charge is 0.358 e. The van der Waals surface area contributed by atoms with Crippen molar-refractivity contribution >= 4 is 40.8 Å². The molecule has 0 unspecified atom stereocenters. The highest BCUT2D eigenvalue weighted by molar-refractivity contribution is 14.0. The number of nitrogens with one attached hydrogen (secondary N) is 3. The van der Waals surface area contributed by atoms with Crippen LogP contribution in [0.25, 0.3) is 10.9 Å². The van der Waals surface area contributed by atoms with Crippen molar-refractivity contribution in [2.45, 2.75) is 19.9 Å². The van der Waals surface area contributed by atoms with Gasteiger partial charge in [-0.3, -0.25) is 4.99 Å². The van der Waals surface area contributed by atoms with Crippen LogP contribution >= 0.6 is 24.0 Å². The van der Waals surface area contributed by atoms with E-state index in [-0.39, 0.29) is 24.0 Å². The number of halogens is 1. The Kier molecular flexibility index (Phi) is 6.80. The highest BCUT2D eigenvalue weighted by Gasteiger charge is 2.06. The van der Waals surface area contributed by atoms with Crippen molar-refractivity contribution in [1.29, 1.82) is 0 Å². The van der Waals surface area contributed by atoms with Crippen LogP contribution in [0.2, 0.25) is 0 Å². The summed E-state index contributed by atoms with van der Waals surface area (Å²) in [4.78, 5) is 7.67. The first-order valence-electron chi connectivity index (χ1n) is 8.03. The van der Waals surface area contributed by atoms with E-state index in [4.69, 9.17) is 0 Å². The van der Waals surface area contributed by atoms with Gasteiger partial charge in [-0.25, -0.2) is 0 Å². The lowest BCUT2D eigenvalue weighted by Gasteiger charge is -2.11. The Morgan fingerprint density at radius 2 is 2.04 bits per heavy atom. The van der Waals surface area contributed by atoms with E-state index in [0.29, 0.717) is 6.54 Å². The smallest absolute Gasteiger partial charge is 0.191 e.